The fraction of sp³-hybridized carbons (Fsp3) is 0.250. The fourth-order valence-electron chi connectivity index (χ4n) is 1.05. The molecule has 0 aliphatic carbocycles. The highest BCUT2D eigenvalue weighted by molar-refractivity contribution is 5.51. The van der Waals surface area contributed by atoms with Crippen molar-refractivity contribution in [1.82, 2.24) is 4.98 Å². The normalized spacial score (nSPS) is 16.2. The van der Waals surface area contributed by atoms with Crippen molar-refractivity contribution in [2.45, 2.75) is 0 Å². The highest BCUT2D eigenvalue weighted by Gasteiger charge is 2.14. The maximum Gasteiger partial charge on any atom is 0.123 e. The number of nitrogen functional groups attached to an aromatic ring is 1. The van der Waals surface area contributed by atoms with Gasteiger partial charge in [0.05, 0.1) is 11.9 Å². The Kier molecular flexibility index (Phi) is 1.42. The Bertz CT molecular complexity index is 238. The molecule has 1 saturated heterocycles. The van der Waals surface area contributed by atoms with E-state index in [9.17, 15) is 0 Å². The molecule has 0 amide bonds. The van der Waals surface area contributed by atoms with Crippen LogP contribution in [0, 0.1) is 6.42 Å². The highest BCUT2D eigenvalue weighted by atomic mass is 15.2. The summed E-state index contributed by atoms with van der Waals surface area (Å²) in [4.78, 5) is 6.23. The first-order chi connectivity index (χ1) is 5.36. The van der Waals surface area contributed by atoms with Gasteiger partial charge in [-0.1, -0.05) is 0 Å². The van der Waals surface area contributed by atoms with Crippen LogP contribution in [0.25, 0.3) is 0 Å². The Balaban J connectivity index is 2.18. The molecule has 1 radical (unpaired) electrons. The lowest BCUT2D eigenvalue weighted by atomic mass is 10.2. The predicted octanol–water partition coefficient (Wildman–Crippen LogP) is 0.688. The molecule has 0 unspecified atom stereocenters. The number of nitrogens with zero attached hydrogens (tertiary/aromatic N) is 2. The molecule has 1 aromatic heterocycles. The quantitative estimate of drug-likeness (QED) is 0.637. The summed E-state index contributed by atoms with van der Waals surface area (Å²) in [7, 11) is 0. The molecule has 1 aliphatic heterocycles. The van der Waals surface area contributed by atoms with Gasteiger partial charge in [0, 0.05) is 19.5 Å². The molecule has 2 rings (SSSR count). The smallest absolute Gasteiger partial charge is 0.123 e. The average molecular weight is 148 g/mol. The van der Waals surface area contributed by atoms with E-state index in [0.29, 0.717) is 5.82 Å². The Morgan fingerprint density at radius 2 is 2.18 bits per heavy atom. The number of aromatic nitrogens is 1. The number of rotatable bonds is 1. The Morgan fingerprint density at radius 3 is 2.64 bits per heavy atom. The minimum atomic E-state index is 0.582. The summed E-state index contributed by atoms with van der Waals surface area (Å²) < 4.78 is 0. The average Bonchev–Trinajstić information content (AvgIpc) is 1.90. The van der Waals surface area contributed by atoms with Gasteiger partial charge in [0.15, 0.2) is 0 Å². The van der Waals surface area contributed by atoms with E-state index in [1.807, 2.05) is 18.3 Å². The first-order valence-corrected chi connectivity index (χ1v) is 3.64. The number of anilines is 2. The van der Waals surface area contributed by atoms with Crippen LogP contribution in [0.4, 0.5) is 11.5 Å². The van der Waals surface area contributed by atoms with Crippen molar-refractivity contribution in [3.8, 4) is 0 Å². The van der Waals surface area contributed by atoms with Gasteiger partial charge in [-0.2, -0.15) is 0 Å². The molecule has 3 heteroatoms. The Morgan fingerprint density at radius 1 is 1.36 bits per heavy atom. The molecule has 11 heavy (non-hydrogen) atoms. The zero-order valence-electron chi connectivity index (χ0n) is 6.20. The molecule has 0 atom stereocenters. The molecule has 1 aliphatic rings. The number of hydrogen-bond donors (Lipinski definition) is 1. The predicted molar refractivity (Wildman–Crippen MR) is 45.2 cm³/mol. The molecule has 2 N–H and O–H groups in total. The summed E-state index contributed by atoms with van der Waals surface area (Å²) >= 11 is 0. The first-order valence-electron chi connectivity index (χ1n) is 3.64. The van der Waals surface area contributed by atoms with Gasteiger partial charge in [-0.05, 0) is 12.1 Å². The van der Waals surface area contributed by atoms with Gasteiger partial charge in [-0.15, -0.1) is 0 Å². The first kappa shape index (κ1) is 6.46. The van der Waals surface area contributed by atoms with Gasteiger partial charge in [0.1, 0.15) is 5.82 Å². The minimum absolute atomic E-state index is 0.582. The molecule has 3 nitrogen and oxygen atoms in total. The van der Waals surface area contributed by atoms with E-state index in [-0.39, 0.29) is 0 Å². The van der Waals surface area contributed by atoms with Crippen molar-refractivity contribution < 1.29 is 0 Å². The lowest BCUT2D eigenvalue weighted by Crippen LogP contribution is -2.37. The summed E-state index contributed by atoms with van der Waals surface area (Å²) in [5, 5.41) is 0. The largest absolute Gasteiger partial charge is 0.384 e. The standard InChI is InChI=1S/C8H10N3/c9-8-3-2-7(6-10-8)11-4-1-5-11/h1-3,6H,4-5H2,(H2,9,10). The van der Waals surface area contributed by atoms with E-state index < -0.39 is 0 Å². The minimum Gasteiger partial charge on any atom is -0.384 e. The van der Waals surface area contributed by atoms with Crippen molar-refractivity contribution in [3.63, 3.8) is 0 Å². The van der Waals surface area contributed by atoms with Crippen LogP contribution in [0.2, 0.25) is 0 Å². The molecule has 0 bridgehead atoms. The Hall–Kier alpha value is -1.25. The monoisotopic (exact) mass is 148 g/mol. The second-order valence-electron chi connectivity index (χ2n) is 2.63. The lowest BCUT2D eigenvalue weighted by molar-refractivity contribution is 0.761. The number of nitrogens with two attached hydrogens (primary N) is 1. The third kappa shape index (κ3) is 1.13. The second-order valence-corrected chi connectivity index (χ2v) is 2.63. The van der Waals surface area contributed by atoms with Crippen LogP contribution in [0.5, 0.6) is 0 Å². The molecule has 57 valence electrons. The number of hydrogen-bond acceptors (Lipinski definition) is 3. The molecular formula is C8H10N3. The third-order valence-electron chi connectivity index (χ3n) is 1.83. The Labute approximate surface area is 65.8 Å². The summed E-state index contributed by atoms with van der Waals surface area (Å²) in [6.07, 6.45) is 4.03. The van der Waals surface area contributed by atoms with E-state index in [2.05, 4.69) is 16.3 Å². The summed E-state index contributed by atoms with van der Waals surface area (Å²) in [5.41, 5.74) is 6.60. The molecule has 2 heterocycles. The second kappa shape index (κ2) is 2.42. The molecule has 0 saturated carbocycles. The third-order valence-corrected chi connectivity index (χ3v) is 1.83. The highest BCUT2D eigenvalue weighted by Crippen LogP contribution is 2.18. The zero-order chi connectivity index (χ0) is 7.68. The van der Waals surface area contributed by atoms with E-state index in [4.69, 9.17) is 5.73 Å². The van der Waals surface area contributed by atoms with Crippen molar-refractivity contribution in [1.29, 1.82) is 0 Å². The van der Waals surface area contributed by atoms with Crippen LogP contribution in [-0.4, -0.2) is 18.1 Å². The maximum absolute atomic E-state index is 5.45. The molecule has 1 fully saturated rings. The zero-order valence-corrected chi connectivity index (χ0v) is 6.20. The van der Waals surface area contributed by atoms with Gasteiger partial charge in [0.2, 0.25) is 0 Å². The molecular weight excluding hydrogens is 138 g/mol. The topological polar surface area (TPSA) is 42.1 Å². The van der Waals surface area contributed by atoms with E-state index in [1.165, 1.54) is 0 Å². The van der Waals surface area contributed by atoms with Crippen LogP contribution in [0.15, 0.2) is 18.3 Å². The van der Waals surface area contributed by atoms with Gasteiger partial charge in [-0.25, -0.2) is 4.98 Å². The van der Waals surface area contributed by atoms with Crippen molar-refractivity contribution in [2.75, 3.05) is 23.7 Å². The van der Waals surface area contributed by atoms with E-state index in [1.54, 1.807) is 0 Å². The summed E-state index contributed by atoms with van der Waals surface area (Å²) in [6.45, 7) is 2.07. The lowest BCUT2D eigenvalue weighted by Gasteiger charge is -2.32. The van der Waals surface area contributed by atoms with Crippen LogP contribution < -0.4 is 10.6 Å². The van der Waals surface area contributed by atoms with E-state index >= 15 is 0 Å². The van der Waals surface area contributed by atoms with Crippen LogP contribution in [0.3, 0.4) is 0 Å². The van der Waals surface area contributed by atoms with Crippen molar-refractivity contribution in [2.24, 2.45) is 0 Å². The molecule has 0 aromatic carbocycles. The van der Waals surface area contributed by atoms with Crippen molar-refractivity contribution >= 4 is 11.5 Å². The fourth-order valence-corrected chi connectivity index (χ4v) is 1.05. The van der Waals surface area contributed by atoms with Gasteiger partial charge in [-0.3, -0.25) is 0 Å². The van der Waals surface area contributed by atoms with Gasteiger partial charge in [0.25, 0.3) is 0 Å². The number of pyridine rings is 1. The molecule has 0 spiro atoms. The van der Waals surface area contributed by atoms with Crippen LogP contribution in [-0.2, 0) is 0 Å². The maximum atomic E-state index is 5.45. The van der Waals surface area contributed by atoms with Crippen molar-refractivity contribution in [3.05, 3.63) is 24.8 Å². The summed E-state index contributed by atoms with van der Waals surface area (Å²) in [5.74, 6) is 0.582. The van der Waals surface area contributed by atoms with Gasteiger partial charge >= 0.3 is 0 Å². The van der Waals surface area contributed by atoms with Gasteiger partial charge < -0.3 is 10.6 Å². The van der Waals surface area contributed by atoms with Crippen LogP contribution in [0.1, 0.15) is 0 Å². The SMILES string of the molecule is Nc1ccc(N2C[CH]C2)cn1. The molecule has 1 aromatic rings. The van der Waals surface area contributed by atoms with Crippen LogP contribution >= 0.6 is 0 Å². The van der Waals surface area contributed by atoms with E-state index in [0.717, 1.165) is 18.8 Å². The summed E-state index contributed by atoms with van der Waals surface area (Å²) in [6, 6.07) is 3.82.